The maximum absolute atomic E-state index is 3.68. The summed E-state index contributed by atoms with van der Waals surface area (Å²) >= 11 is 3.68. The van der Waals surface area contributed by atoms with Gasteiger partial charge in [0, 0.05) is 16.6 Å². The van der Waals surface area contributed by atoms with E-state index in [0.29, 0.717) is 6.04 Å². The van der Waals surface area contributed by atoms with Gasteiger partial charge in [0.1, 0.15) is 0 Å². The summed E-state index contributed by atoms with van der Waals surface area (Å²) in [5, 5.41) is 0. The first kappa shape index (κ1) is 9.86. The number of rotatable bonds is 2. The molecule has 0 radical (unpaired) electrons. The van der Waals surface area contributed by atoms with E-state index >= 15 is 0 Å². The number of nitrogens with zero attached hydrogens (tertiary/aromatic N) is 1. The van der Waals surface area contributed by atoms with E-state index in [1.807, 2.05) is 0 Å². The van der Waals surface area contributed by atoms with Gasteiger partial charge in [0.15, 0.2) is 0 Å². The number of halogens is 1. The van der Waals surface area contributed by atoms with E-state index in [1.54, 1.807) is 0 Å². The van der Waals surface area contributed by atoms with Crippen LogP contribution in [0.5, 0.6) is 0 Å². The van der Waals surface area contributed by atoms with Gasteiger partial charge in [-0.1, -0.05) is 34.1 Å². The maximum atomic E-state index is 3.68. The van der Waals surface area contributed by atoms with Crippen LogP contribution in [0.3, 0.4) is 0 Å². The van der Waals surface area contributed by atoms with Crippen molar-refractivity contribution in [2.75, 3.05) is 6.54 Å². The Morgan fingerprint density at radius 3 is 2.67 bits per heavy atom. The van der Waals surface area contributed by atoms with Crippen molar-refractivity contribution in [3.05, 3.63) is 34.3 Å². The minimum Gasteiger partial charge on any atom is -0.293 e. The highest BCUT2D eigenvalue weighted by molar-refractivity contribution is 9.10. The summed E-state index contributed by atoms with van der Waals surface area (Å²) in [7, 11) is 0. The lowest BCUT2D eigenvalue weighted by atomic mass is 10.0. The summed E-state index contributed by atoms with van der Waals surface area (Å²) in [6.07, 6.45) is 5.53. The van der Waals surface area contributed by atoms with Crippen LogP contribution in [0.4, 0.5) is 0 Å². The Labute approximate surface area is 99.6 Å². The fraction of sp³-hybridized carbons (Fsp3) is 0.538. The monoisotopic (exact) mass is 265 g/mol. The molecule has 1 heterocycles. The molecule has 1 atom stereocenters. The average Bonchev–Trinajstić information content (AvgIpc) is 2.98. The van der Waals surface area contributed by atoms with Crippen LogP contribution in [-0.2, 0) is 0 Å². The van der Waals surface area contributed by atoms with Crippen LogP contribution in [0, 0.1) is 0 Å². The fourth-order valence-corrected chi connectivity index (χ4v) is 3.26. The Balaban J connectivity index is 1.89. The molecule has 1 saturated carbocycles. The van der Waals surface area contributed by atoms with Crippen molar-refractivity contribution < 1.29 is 0 Å². The lowest BCUT2D eigenvalue weighted by Gasteiger charge is -2.25. The van der Waals surface area contributed by atoms with Crippen molar-refractivity contribution in [2.45, 2.75) is 37.8 Å². The van der Waals surface area contributed by atoms with Gasteiger partial charge in [-0.2, -0.15) is 0 Å². The smallest absolute Gasteiger partial charge is 0.0362 e. The van der Waals surface area contributed by atoms with Gasteiger partial charge in [-0.05, 0) is 43.9 Å². The number of benzene rings is 1. The van der Waals surface area contributed by atoms with Crippen LogP contribution >= 0.6 is 15.9 Å². The standard InChI is InChI=1S/C13H16BrN/c14-12-5-2-1-4-11(12)13-6-3-9-15(13)10-7-8-10/h1-2,4-5,10,13H,3,6-9H2. The molecule has 2 aliphatic rings. The Hall–Kier alpha value is -0.340. The molecule has 1 aliphatic carbocycles. The van der Waals surface area contributed by atoms with E-state index < -0.39 is 0 Å². The SMILES string of the molecule is Brc1ccccc1C1CCCN1C1CC1. The van der Waals surface area contributed by atoms with Gasteiger partial charge < -0.3 is 0 Å². The molecular formula is C13H16BrN. The van der Waals surface area contributed by atoms with Crippen molar-refractivity contribution in [2.24, 2.45) is 0 Å². The Morgan fingerprint density at radius 2 is 1.93 bits per heavy atom. The minimum absolute atomic E-state index is 0.674. The topological polar surface area (TPSA) is 3.24 Å². The second-order valence-corrected chi connectivity index (χ2v) is 5.50. The summed E-state index contributed by atoms with van der Waals surface area (Å²) < 4.78 is 1.28. The van der Waals surface area contributed by atoms with Crippen LogP contribution < -0.4 is 0 Å². The Bertz CT molecular complexity index is 359. The molecule has 1 nitrogen and oxygen atoms in total. The Kier molecular flexibility index (Phi) is 2.57. The minimum atomic E-state index is 0.674. The van der Waals surface area contributed by atoms with Crippen molar-refractivity contribution in [3.8, 4) is 0 Å². The van der Waals surface area contributed by atoms with Crippen molar-refractivity contribution in [1.29, 1.82) is 0 Å². The van der Waals surface area contributed by atoms with Crippen molar-refractivity contribution >= 4 is 15.9 Å². The summed E-state index contributed by atoms with van der Waals surface area (Å²) in [6, 6.07) is 10.3. The van der Waals surface area contributed by atoms with Crippen LogP contribution in [0.2, 0.25) is 0 Å². The molecule has 2 fully saturated rings. The molecule has 80 valence electrons. The molecule has 15 heavy (non-hydrogen) atoms. The first-order valence-corrected chi connectivity index (χ1v) is 6.66. The normalized spacial score (nSPS) is 27.1. The average molecular weight is 266 g/mol. The highest BCUT2D eigenvalue weighted by atomic mass is 79.9. The van der Waals surface area contributed by atoms with Gasteiger partial charge in [0.2, 0.25) is 0 Å². The molecule has 1 aromatic carbocycles. The number of hydrogen-bond donors (Lipinski definition) is 0. The molecule has 0 spiro atoms. The zero-order valence-electron chi connectivity index (χ0n) is 8.82. The van der Waals surface area contributed by atoms with E-state index in [0.717, 1.165) is 6.04 Å². The summed E-state index contributed by atoms with van der Waals surface area (Å²) in [6.45, 7) is 1.30. The van der Waals surface area contributed by atoms with Crippen molar-refractivity contribution in [1.82, 2.24) is 4.90 Å². The van der Waals surface area contributed by atoms with Crippen LogP contribution in [0.15, 0.2) is 28.7 Å². The molecular weight excluding hydrogens is 250 g/mol. The summed E-state index contributed by atoms with van der Waals surface area (Å²) in [5.41, 5.74) is 1.49. The first-order valence-electron chi connectivity index (χ1n) is 5.86. The van der Waals surface area contributed by atoms with Gasteiger partial charge in [-0.3, -0.25) is 4.90 Å². The van der Waals surface area contributed by atoms with Gasteiger partial charge >= 0.3 is 0 Å². The maximum Gasteiger partial charge on any atom is 0.0362 e. The summed E-state index contributed by atoms with van der Waals surface area (Å²) in [5.74, 6) is 0. The zero-order chi connectivity index (χ0) is 10.3. The van der Waals surface area contributed by atoms with Gasteiger partial charge in [0.25, 0.3) is 0 Å². The second kappa shape index (κ2) is 3.91. The third-order valence-corrected chi connectivity index (χ3v) is 4.30. The highest BCUT2D eigenvalue weighted by Crippen LogP contribution is 2.42. The van der Waals surface area contributed by atoms with Crippen molar-refractivity contribution in [3.63, 3.8) is 0 Å². The second-order valence-electron chi connectivity index (χ2n) is 4.65. The lowest BCUT2D eigenvalue weighted by Crippen LogP contribution is -2.25. The van der Waals surface area contributed by atoms with Gasteiger partial charge in [-0.15, -0.1) is 0 Å². The van der Waals surface area contributed by atoms with Crippen LogP contribution in [-0.4, -0.2) is 17.5 Å². The fourth-order valence-electron chi connectivity index (χ4n) is 2.71. The molecule has 1 saturated heterocycles. The first-order chi connectivity index (χ1) is 7.36. The quantitative estimate of drug-likeness (QED) is 0.788. The predicted molar refractivity (Wildman–Crippen MR) is 65.8 cm³/mol. The van der Waals surface area contributed by atoms with Crippen LogP contribution in [0.25, 0.3) is 0 Å². The lowest BCUT2D eigenvalue weighted by molar-refractivity contribution is 0.246. The molecule has 0 aromatic heterocycles. The zero-order valence-corrected chi connectivity index (χ0v) is 10.4. The predicted octanol–water partition coefficient (Wildman–Crippen LogP) is 3.75. The third-order valence-electron chi connectivity index (χ3n) is 3.57. The highest BCUT2D eigenvalue weighted by Gasteiger charge is 2.37. The molecule has 0 amide bonds. The largest absolute Gasteiger partial charge is 0.293 e. The van der Waals surface area contributed by atoms with E-state index in [4.69, 9.17) is 0 Å². The van der Waals surface area contributed by atoms with E-state index in [-0.39, 0.29) is 0 Å². The molecule has 2 heteroatoms. The molecule has 1 aromatic rings. The molecule has 0 N–H and O–H groups in total. The third kappa shape index (κ3) is 1.85. The molecule has 3 rings (SSSR count). The van der Waals surface area contributed by atoms with E-state index in [9.17, 15) is 0 Å². The molecule has 0 bridgehead atoms. The van der Waals surface area contributed by atoms with Gasteiger partial charge in [0.05, 0.1) is 0 Å². The van der Waals surface area contributed by atoms with E-state index in [2.05, 4.69) is 45.1 Å². The molecule has 1 unspecified atom stereocenters. The van der Waals surface area contributed by atoms with Gasteiger partial charge in [-0.25, -0.2) is 0 Å². The number of likely N-dealkylation sites (tertiary alicyclic amines) is 1. The van der Waals surface area contributed by atoms with Crippen LogP contribution in [0.1, 0.15) is 37.3 Å². The van der Waals surface area contributed by atoms with E-state index in [1.165, 1.54) is 42.3 Å². The summed E-state index contributed by atoms with van der Waals surface area (Å²) in [4.78, 5) is 2.71. The number of hydrogen-bond acceptors (Lipinski definition) is 1. The Morgan fingerprint density at radius 1 is 1.13 bits per heavy atom. The molecule has 1 aliphatic heterocycles.